The fourth-order valence-electron chi connectivity index (χ4n) is 1.94. The summed E-state index contributed by atoms with van der Waals surface area (Å²) in [5.74, 6) is -0.845. The van der Waals surface area contributed by atoms with Crippen LogP contribution >= 0.6 is 11.6 Å². The molecule has 1 N–H and O–H groups in total. The van der Waals surface area contributed by atoms with Crippen LogP contribution in [-0.2, 0) is 4.79 Å². The highest BCUT2D eigenvalue weighted by molar-refractivity contribution is 6.34. The molecule has 0 aliphatic carbocycles. The average Bonchev–Trinajstić information content (AvgIpc) is 2.72. The van der Waals surface area contributed by atoms with Crippen LogP contribution in [-0.4, -0.2) is 10.9 Å². The molecule has 1 amide bonds. The molecule has 2 aromatic rings. The van der Waals surface area contributed by atoms with Crippen molar-refractivity contribution in [1.29, 1.82) is 0 Å². The van der Waals surface area contributed by atoms with E-state index < -0.39 is 5.82 Å². The van der Waals surface area contributed by atoms with Gasteiger partial charge in [-0.15, -0.1) is 0 Å². The number of nitrogens with one attached hydrogen (secondary N) is 1. The van der Waals surface area contributed by atoms with E-state index in [1.807, 2.05) is 0 Å². The fourth-order valence-corrected chi connectivity index (χ4v) is 2.12. The van der Waals surface area contributed by atoms with Gasteiger partial charge in [-0.2, -0.15) is 0 Å². The van der Waals surface area contributed by atoms with E-state index in [9.17, 15) is 9.18 Å². The van der Waals surface area contributed by atoms with Gasteiger partial charge in [-0.25, -0.2) is 4.39 Å². The summed E-state index contributed by atoms with van der Waals surface area (Å²) in [6.07, 6.45) is 3.04. The van der Waals surface area contributed by atoms with Crippen molar-refractivity contribution in [2.75, 3.05) is 5.32 Å². The van der Waals surface area contributed by atoms with Crippen LogP contribution in [0.2, 0.25) is 5.02 Å². The van der Waals surface area contributed by atoms with Gasteiger partial charge in [0.05, 0.1) is 22.0 Å². The van der Waals surface area contributed by atoms with Crippen molar-refractivity contribution in [2.24, 2.45) is 0 Å². The van der Waals surface area contributed by atoms with Gasteiger partial charge in [-0.05, 0) is 24.3 Å². The van der Waals surface area contributed by atoms with Crippen LogP contribution in [0.1, 0.15) is 11.3 Å². The Kier molecular flexibility index (Phi) is 2.80. The second-order valence-corrected chi connectivity index (χ2v) is 4.46. The normalized spacial score (nSPS) is 15.5. The maximum Gasteiger partial charge on any atom is 0.258 e. The van der Waals surface area contributed by atoms with E-state index in [1.54, 1.807) is 30.5 Å². The predicted octanol–water partition coefficient (Wildman–Crippen LogP) is 3.37. The minimum atomic E-state index is -0.547. The Morgan fingerprint density at radius 3 is 2.95 bits per heavy atom. The maximum atomic E-state index is 13.8. The molecule has 0 saturated carbocycles. The van der Waals surface area contributed by atoms with E-state index >= 15 is 0 Å². The first kappa shape index (κ1) is 11.9. The van der Waals surface area contributed by atoms with E-state index in [0.717, 1.165) is 0 Å². The van der Waals surface area contributed by atoms with Crippen molar-refractivity contribution in [3.8, 4) is 0 Å². The molecule has 0 saturated heterocycles. The lowest BCUT2D eigenvalue weighted by Gasteiger charge is -2.00. The first-order valence-corrected chi connectivity index (χ1v) is 5.97. The third-order valence-corrected chi connectivity index (χ3v) is 3.13. The van der Waals surface area contributed by atoms with E-state index in [-0.39, 0.29) is 16.5 Å². The molecule has 1 aromatic carbocycles. The number of hydrogen-bond donors (Lipinski definition) is 1. The van der Waals surface area contributed by atoms with E-state index in [2.05, 4.69) is 10.3 Å². The topological polar surface area (TPSA) is 42.0 Å². The van der Waals surface area contributed by atoms with Crippen LogP contribution in [0.4, 0.5) is 10.1 Å². The number of anilines is 1. The summed E-state index contributed by atoms with van der Waals surface area (Å²) in [5.41, 5.74) is 1.74. The lowest BCUT2D eigenvalue weighted by molar-refractivity contribution is -0.110. The molecule has 0 unspecified atom stereocenters. The molecular formula is C14H8ClFN2O. The van der Waals surface area contributed by atoms with Gasteiger partial charge in [0.1, 0.15) is 5.82 Å². The first-order chi connectivity index (χ1) is 9.16. The second-order valence-electron chi connectivity index (χ2n) is 4.05. The molecule has 1 aromatic heterocycles. The van der Waals surface area contributed by atoms with Gasteiger partial charge in [0, 0.05) is 11.8 Å². The number of benzene rings is 1. The molecule has 2 heterocycles. The zero-order valence-corrected chi connectivity index (χ0v) is 10.4. The zero-order chi connectivity index (χ0) is 13.4. The highest BCUT2D eigenvalue weighted by Gasteiger charge is 2.25. The summed E-state index contributed by atoms with van der Waals surface area (Å²) in [4.78, 5) is 16.0. The molecule has 19 heavy (non-hydrogen) atoms. The number of pyridine rings is 1. The number of amides is 1. The summed E-state index contributed by atoms with van der Waals surface area (Å²) < 4.78 is 13.8. The third-order valence-electron chi connectivity index (χ3n) is 2.84. The molecule has 1 aliphatic heterocycles. The van der Waals surface area contributed by atoms with Gasteiger partial charge in [-0.1, -0.05) is 23.7 Å². The van der Waals surface area contributed by atoms with E-state index in [1.165, 1.54) is 12.1 Å². The number of nitrogens with zero attached hydrogens (tertiary/aromatic N) is 1. The summed E-state index contributed by atoms with van der Waals surface area (Å²) in [6, 6.07) is 8.11. The monoisotopic (exact) mass is 274 g/mol. The van der Waals surface area contributed by atoms with Crippen LogP contribution in [0, 0.1) is 5.82 Å². The number of rotatable bonds is 1. The average molecular weight is 275 g/mol. The standard InChI is InChI=1S/C14H8ClFN2O/c15-10-4-1-3-8(12(10)16)7-9-13-11(18-14(9)19)5-2-6-17-13/h1-7H,(H,18,19). The molecule has 0 fully saturated rings. The number of fused-ring (bicyclic) bond motifs is 1. The lowest BCUT2D eigenvalue weighted by Crippen LogP contribution is -2.03. The van der Waals surface area contributed by atoms with Crippen molar-refractivity contribution in [2.45, 2.75) is 0 Å². The highest BCUT2D eigenvalue weighted by Crippen LogP contribution is 2.31. The molecule has 0 bridgehead atoms. The van der Waals surface area contributed by atoms with Gasteiger partial charge >= 0.3 is 0 Å². The number of carbonyl (C=O) groups excluding carboxylic acids is 1. The minimum absolute atomic E-state index is 0.0222. The van der Waals surface area contributed by atoms with Crippen molar-refractivity contribution >= 4 is 34.8 Å². The van der Waals surface area contributed by atoms with Crippen LogP contribution in [0.15, 0.2) is 36.5 Å². The molecule has 3 nitrogen and oxygen atoms in total. The van der Waals surface area contributed by atoms with Crippen LogP contribution in [0.3, 0.4) is 0 Å². The van der Waals surface area contributed by atoms with Crippen molar-refractivity contribution < 1.29 is 9.18 Å². The van der Waals surface area contributed by atoms with Gasteiger partial charge < -0.3 is 5.32 Å². The van der Waals surface area contributed by atoms with Crippen LogP contribution in [0.5, 0.6) is 0 Å². The Bertz CT molecular complexity index is 712. The van der Waals surface area contributed by atoms with Gasteiger partial charge in [0.15, 0.2) is 0 Å². The zero-order valence-electron chi connectivity index (χ0n) is 9.65. The molecular weight excluding hydrogens is 267 g/mol. The van der Waals surface area contributed by atoms with E-state index in [4.69, 9.17) is 11.6 Å². The Labute approximate surface area is 113 Å². The SMILES string of the molecule is O=C1Nc2cccnc2C1=Cc1cccc(Cl)c1F. The van der Waals surface area contributed by atoms with E-state index in [0.29, 0.717) is 17.0 Å². The quantitative estimate of drug-likeness (QED) is 0.810. The molecule has 94 valence electrons. The Morgan fingerprint density at radius 2 is 2.11 bits per heavy atom. The summed E-state index contributed by atoms with van der Waals surface area (Å²) in [7, 11) is 0. The molecule has 1 aliphatic rings. The third kappa shape index (κ3) is 2.00. The number of aromatic nitrogens is 1. The number of halogens is 2. The lowest BCUT2D eigenvalue weighted by atomic mass is 10.1. The minimum Gasteiger partial charge on any atom is -0.320 e. The molecule has 0 radical (unpaired) electrons. The van der Waals surface area contributed by atoms with Crippen molar-refractivity contribution in [3.63, 3.8) is 0 Å². The van der Waals surface area contributed by atoms with Crippen molar-refractivity contribution in [1.82, 2.24) is 4.98 Å². The Morgan fingerprint density at radius 1 is 1.26 bits per heavy atom. The van der Waals surface area contributed by atoms with Crippen LogP contribution < -0.4 is 5.32 Å². The Balaban J connectivity index is 2.14. The maximum absolute atomic E-state index is 13.8. The van der Waals surface area contributed by atoms with Crippen LogP contribution in [0.25, 0.3) is 11.6 Å². The van der Waals surface area contributed by atoms with Crippen molar-refractivity contribution in [3.05, 3.63) is 58.6 Å². The second kappa shape index (κ2) is 4.48. The highest BCUT2D eigenvalue weighted by atomic mass is 35.5. The van der Waals surface area contributed by atoms with Gasteiger partial charge in [-0.3, -0.25) is 9.78 Å². The fraction of sp³-hybridized carbons (Fsp3) is 0. The number of carbonyl (C=O) groups is 1. The number of hydrogen-bond acceptors (Lipinski definition) is 2. The molecule has 0 spiro atoms. The first-order valence-electron chi connectivity index (χ1n) is 5.59. The summed E-state index contributed by atoms with van der Waals surface area (Å²) >= 11 is 5.72. The molecule has 0 atom stereocenters. The molecule has 3 rings (SSSR count). The van der Waals surface area contributed by atoms with Gasteiger partial charge in [0.25, 0.3) is 5.91 Å². The Hall–Kier alpha value is -2.20. The smallest absolute Gasteiger partial charge is 0.258 e. The summed E-state index contributed by atoms with van der Waals surface area (Å²) in [6.45, 7) is 0. The predicted molar refractivity (Wildman–Crippen MR) is 72.1 cm³/mol. The largest absolute Gasteiger partial charge is 0.320 e. The summed E-state index contributed by atoms with van der Waals surface area (Å²) in [5, 5.41) is 2.70. The molecule has 5 heteroatoms. The van der Waals surface area contributed by atoms with Gasteiger partial charge in [0.2, 0.25) is 0 Å².